The average Bonchev–Trinajstić information content (AvgIpc) is 2.36. The van der Waals surface area contributed by atoms with Crippen LogP contribution < -0.4 is 5.32 Å². The van der Waals surface area contributed by atoms with Crippen LogP contribution in [0, 0.1) is 3.57 Å². The van der Waals surface area contributed by atoms with Crippen molar-refractivity contribution in [2.24, 2.45) is 0 Å². The number of halogens is 1. The van der Waals surface area contributed by atoms with E-state index in [-0.39, 0.29) is 12.5 Å². The highest BCUT2D eigenvalue weighted by atomic mass is 127. The summed E-state index contributed by atoms with van der Waals surface area (Å²) in [5, 5.41) is 2.64. The lowest BCUT2D eigenvalue weighted by Crippen LogP contribution is -2.20. The molecule has 0 aliphatic carbocycles. The topological polar surface area (TPSA) is 55.4 Å². The van der Waals surface area contributed by atoms with Crippen molar-refractivity contribution in [1.29, 1.82) is 0 Å². The second-order valence-corrected chi connectivity index (χ2v) is 4.72. The number of esters is 1. The van der Waals surface area contributed by atoms with Gasteiger partial charge in [0.25, 0.3) is 5.91 Å². The fourth-order valence-corrected chi connectivity index (χ4v) is 1.49. The molecule has 1 amide bonds. The van der Waals surface area contributed by atoms with E-state index < -0.39 is 5.97 Å². The lowest BCUT2D eigenvalue weighted by atomic mass is 10.3. The number of amides is 1. The smallest absolute Gasteiger partial charge is 0.330 e. The molecule has 0 aromatic heterocycles. The van der Waals surface area contributed by atoms with Gasteiger partial charge in [0.1, 0.15) is 0 Å². The highest BCUT2D eigenvalue weighted by Crippen LogP contribution is 2.10. The molecule has 96 valence electrons. The Morgan fingerprint density at radius 2 is 2.00 bits per heavy atom. The zero-order valence-corrected chi connectivity index (χ0v) is 12.1. The van der Waals surface area contributed by atoms with Crippen molar-refractivity contribution in [2.45, 2.75) is 13.3 Å². The SMILES string of the molecule is CC/C=C/C(=O)OCC(=O)Nc1ccc(I)cc1. The summed E-state index contributed by atoms with van der Waals surface area (Å²) in [5.74, 6) is -0.857. The fraction of sp³-hybridized carbons (Fsp3) is 0.231. The Balaban J connectivity index is 2.36. The molecular weight excluding hydrogens is 345 g/mol. The molecule has 0 radical (unpaired) electrons. The summed E-state index contributed by atoms with van der Waals surface area (Å²) in [4.78, 5) is 22.6. The molecule has 1 rings (SSSR count). The van der Waals surface area contributed by atoms with E-state index in [0.717, 1.165) is 9.99 Å². The molecule has 0 heterocycles. The number of rotatable bonds is 5. The van der Waals surface area contributed by atoms with E-state index in [0.29, 0.717) is 5.69 Å². The first-order valence-electron chi connectivity index (χ1n) is 5.50. The van der Waals surface area contributed by atoms with Crippen LogP contribution >= 0.6 is 22.6 Å². The normalized spacial score (nSPS) is 10.3. The lowest BCUT2D eigenvalue weighted by molar-refractivity contribution is -0.142. The van der Waals surface area contributed by atoms with Gasteiger partial charge < -0.3 is 10.1 Å². The molecule has 0 saturated carbocycles. The van der Waals surface area contributed by atoms with Crippen LogP contribution in [0.3, 0.4) is 0 Å². The van der Waals surface area contributed by atoms with E-state index in [1.54, 1.807) is 18.2 Å². The Kier molecular flexibility index (Phi) is 6.42. The van der Waals surface area contributed by atoms with Gasteiger partial charge in [0, 0.05) is 15.3 Å². The molecule has 0 unspecified atom stereocenters. The van der Waals surface area contributed by atoms with Gasteiger partial charge in [-0.15, -0.1) is 0 Å². The minimum Gasteiger partial charge on any atom is -0.452 e. The first kappa shape index (κ1) is 14.7. The maximum Gasteiger partial charge on any atom is 0.330 e. The largest absolute Gasteiger partial charge is 0.452 e. The number of anilines is 1. The number of hydrogen-bond acceptors (Lipinski definition) is 3. The third-order valence-corrected chi connectivity index (χ3v) is 2.68. The molecule has 18 heavy (non-hydrogen) atoms. The molecule has 1 N–H and O–H groups in total. The molecule has 4 nitrogen and oxygen atoms in total. The van der Waals surface area contributed by atoms with Crippen molar-refractivity contribution >= 4 is 40.2 Å². The third kappa shape index (κ3) is 5.81. The van der Waals surface area contributed by atoms with Gasteiger partial charge >= 0.3 is 5.97 Å². The van der Waals surface area contributed by atoms with Gasteiger partial charge in [-0.1, -0.05) is 13.0 Å². The zero-order valence-electron chi connectivity index (χ0n) is 9.98. The van der Waals surface area contributed by atoms with Crippen molar-refractivity contribution in [3.63, 3.8) is 0 Å². The highest BCUT2D eigenvalue weighted by Gasteiger charge is 2.05. The summed E-state index contributed by atoms with van der Waals surface area (Å²) in [6.45, 7) is 1.63. The minimum atomic E-state index is -0.505. The Labute approximate surface area is 120 Å². The summed E-state index contributed by atoms with van der Waals surface area (Å²) < 4.78 is 5.85. The van der Waals surface area contributed by atoms with Crippen molar-refractivity contribution in [1.82, 2.24) is 0 Å². The van der Waals surface area contributed by atoms with Crippen LogP contribution in [-0.4, -0.2) is 18.5 Å². The predicted molar refractivity (Wildman–Crippen MR) is 78.2 cm³/mol. The first-order valence-corrected chi connectivity index (χ1v) is 6.58. The van der Waals surface area contributed by atoms with Gasteiger partial charge in [-0.05, 0) is 53.3 Å². The summed E-state index contributed by atoms with van der Waals surface area (Å²) >= 11 is 2.18. The number of ether oxygens (including phenoxy) is 1. The Hall–Kier alpha value is -1.37. The van der Waals surface area contributed by atoms with Crippen molar-refractivity contribution < 1.29 is 14.3 Å². The molecule has 1 aromatic rings. The molecule has 0 atom stereocenters. The van der Waals surface area contributed by atoms with E-state index in [1.807, 2.05) is 19.1 Å². The number of benzene rings is 1. The van der Waals surface area contributed by atoms with Gasteiger partial charge in [0.15, 0.2) is 6.61 Å². The quantitative estimate of drug-likeness (QED) is 0.500. The van der Waals surface area contributed by atoms with Crippen molar-refractivity contribution in [2.75, 3.05) is 11.9 Å². The van der Waals surface area contributed by atoms with Gasteiger partial charge in [-0.3, -0.25) is 4.79 Å². The zero-order chi connectivity index (χ0) is 13.4. The monoisotopic (exact) mass is 359 g/mol. The van der Waals surface area contributed by atoms with Crippen molar-refractivity contribution in [3.8, 4) is 0 Å². The maximum absolute atomic E-state index is 11.5. The second-order valence-electron chi connectivity index (χ2n) is 3.47. The van der Waals surface area contributed by atoms with E-state index in [4.69, 9.17) is 4.74 Å². The first-order chi connectivity index (χ1) is 8.61. The molecular formula is C13H14INO3. The predicted octanol–water partition coefficient (Wildman–Crippen LogP) is 2.74. The molecule has 1 aromatic carbocycles. The minimum absolute atomic E-state index is 0.279. The van der Waals surface area contributed by atoms with Crippen molar-refractivity contribution in [3.05, 3.63) is 40.0 Å². The van der Waals surface area contributed by atoms with E-state index in [9.17, 15) is 9.59 Å². The maximum atomic E-state index is 11.5. The molecule has 0 bridgehead atoms. The van der Waals surface area contributed by atoms with Crippen LogP contribution in [0.5, 0.6) is 0 Å². The summed E-state index contributed by atoms with van der Waals surface area (Å²) in [6.07, 6.45) is 3.75. The van der Waals surface area contributed by atoms with E-state index >= 15 is 0 Å². The van der Waals surface area contributed by atoms with Gasteiger partial charge in [-0.25, -0.2) is 4.79 Å². The number of nitrogens with one attached hydrogen (secondary N) is 1. The molecule has 0 spiro atoms. The highest BCUT2D eigenvalue weighted by molar-refractivity contribution is 14.1. The third-order valence-electron chi connectivity index (χ3n) is 1.96. The average molecular weight is 359 g/mol. The Morgan fingerprint density at radius 3 is 2.61 bits per heavy atom. The number of carbonyl (C=O) groups excluding carboxylic acids is 2. The number of allylic oxidation sites excluding steroid dienone is 1. The van der Waals surface area contributed by atoms with Gasteiger partial charge in [0.05, 0.1) is 0 Å². The fourth-order valence-electron chi connectivity index (χ4n) is 1.13. The van der Waals surface area contributed by atoms with Crippen LogP contribution in [0.1, 0.15) is 13.3 Å². The Morgan fingerprint density at radius 1 is 1.33 bits per heavy atom. The Bertz CT molecular complexity index is 440. The van der Waals surface area contributed by atoms with Crippen LogP contribution in [0.4, 0.5) is 5.69 Å². The van der Waals surface area contributed by atoms with Crippen LogP contribution in [0.2, 0.25) is 0 Å². The number of carbonyl (C=O) groups is 2. The summed E-state index contributed by atoms with van der Waals surface area (Å²) in [6, 6.07) is 7.34. The van der Waals surface area contributed by atoms with Gasteiger partial charge in [-0.2, -0.15) is 0 Å². The lowest BCUT2D eigenvalue weighted by Gasteiger charge is -2.05. The van der Waals surface area contributed by atoms with Crippen LogP contribution in [0.15, 0.2) is 36.4 Å². The molecule has 0 aliphatic heterocycles. The molecule has 0 aliphatic rings. The van der Waals surface area contributed by atoms with Crippen LogP contribution in [-0.2, 0) is 14.3 Å². The van der Waals surface area contributed by atoms with E-state index in [1.165, 1.54) is 6.08 Å². The van der Waals surface area contributed by atoms with Gasteiger partial charge in [0.2, 0.25) is 0 Å². The molecule has 0 saturated heterocycles. The standard InChI is InChI=1S/C13H14INO3/c1-2-3-4-13(17)18-9-12(16)15-11-7-5-10(14)6-8-11/h3-8H,2,9H2,1H3,(H,15,16)/b4-3+. The molecule has 0 fully saturated rings. The van der Waals surface area contributed by atoms with Crippen LogP contribution in [0.25, 0.3) is 0 Å². The number of hydrogen-bond donors (Lipinski definition) is 1. The summed E-state index contributed by atoms with van der Waals surface area (Å²) in [7, 11) is 0. The van der Waals surface area contributed by atoms with E-state index in [2.05, 4.69) is 27.9 Å². The second kappa shape index (κ2) is 7.86. The summed E-state index contributed by atoms with van der Waals surface area (Å²) in [5.41, 5.74) is 0.681. The molecule has 5 heteroatoms.